The monoisotopic (exact) mass is 453 g/mol. The summed E-state index contributed by atoms with van der Waals surface area (Å²) >= 11 is 0. The number of furan rings is 1. The number of hydrogen-bond acceptors (Lipinski definition) is 5. The summed E-state index contributed by atoms with van der Waals surface area (Å²) in [6.45, 7) is 10.8. The number of amides is 2. The van der Waals surface area contributed by atoms with Crippen LogP contribution in [0.1, 0.15) is 70.9 Å². The molecule has 0 aliphatic carbocycles. The maximum atomic E-state index is 12.8. The highest BCUT2D eigenvalue weighted by Crippen LogP contribution is 2.29. The van der Waals surface area contributed by atoms with Crippen molar-refractivity contribution in [2.45, 2.75) is 52.9 Å². The van der Waals surface area contributed by atoms with Crippen molar-refractivity contribution < 1.29 is 18.7 Å². The minimum Gasteiger partial charge on any atom is -0.462 e. The SMILES string of the molecule is CCCOCCNC(=O)c1ccc(C)nc1C1CCN(C(=O)/C=C/c2cc(C)c(C)o2)CC1. The fourth-order valence-corrected chi connectivity index (χ4v) is 3.97. The molecule has 1 fully saturated rings. The standard InChI is InChI=1S/C26H35N3O4/c1-5-15-32-16-12-27-26(31)23-8-6-19(3)28-25(23)21-10-13-29(14-11-21)24(30)9-7-22-17-18(2)20(4)33-22/h6-9,17,21H,5,10-16H2,1-4H3,(H,27,31)/b9-7+. The Bertz CT molecular complexity index is 968. The molecule has 33 heavy (non-hydrogen) atoms. The maximum absolute atomic E-state index is 12.8. The zero-order valence-corrected chi connectivity index (χ0v) is 20.1. The summed E-state index contributed by atoms with van der Waals surface area (Å²) in [6, 6.07) is 5.65. The zero-order valence-electron chi connectivity index (χ0n) is 20.1. The van der Waals surface area contributed by atoms with E-state index < -0.39 is 0 Å². The zero-order chi connectivity index (χ0) is 23.8. The molecule has 2 amide bonds. The Hall–Kier alpha value is -2.93. The van der Waals surface area contributed by atoms with Gasteiger partial charge in [0.1, 0.15) is 11.5 Å². The summed E-state index contributed by atoms with van der Waals surface area (Å²) in [4.78, 5) is 32.0. The van der Waals surface area contributed by atoms with Gasteiger partial charge < -0.3 is 19.4 Å². The molecule has 2 aromatic rings. The molecule has 0 unspecified atom stereocenters. The molecule has 0 spiro atoms. The van der Waals surface area contributed by atoms with Crippen molar-refractivity contribution in [2.24, 2.45) is 0 Å². The summed E-state index contributed by atoms with van der Waals surface area (Å²) in [5, 5.41) is 2.94. The van der Waals surface area contributed by atoms with Crippen LogP contribution in [0.15, 0.2) is 28.7 Å². The Balaban J connectivity index is 1.58. The molecule has 1 aliphatic heterocycles. The maximum Gasteiger partial charge on any atom is 0.253 e. The summed E-state index contributed by atoms with van der Waals surface area (Å²) < 4.78 is 11.1. The van der Waals surface area contributed by atoms with Gasteiger partial charge >= 0.3 is 0 Å². The molecule has 0 atom stereocenters. The number of aromatic nitrogens is 1. The van der Waals surface area contributed by atoms with Crippen molar-refractivity contribution in [3.8, 4) is 0 Å². The second kappa shape index (κ2) is 11.8. The van der Waals surface area contributed by atoms with Crippen LogP contribution in [0, 0.1) is 20.8 Å². The number of pyridine rings is 1. The summed E-state index contributed by atoms with van der Waals surface area (Å²) in [5.74, 6) is 1.55. The first kappa shape index (κ1) is 24.7. The predicted octanol–water partition coefficient (Wildman–Crippen LogP) is 4.18. The molecule has 0 aromatic carbocycles. The Morgan fingerprint density at radius 1 is 1.21 bits per heavy atom. The number of rotatable bonds is 9. The summed E-state index contributed by atoms with van der Waals surface area (Å²) in [5.41, 5.74) is 3.40. The van der Waals surface area contributed by atoms with Gasteiger partial charge in [-0.2, -0.15) is 0 Å². The molecule has 1 N–H and O–H groups in total. The normalized spacial score (nSPS) is 14.7. The van der Waals surface area contributed by atoms with Gasteiger partial charge in [0.05, 0.1) is 17.9 Å². The quantitative estimate of drug-likeness (QED) is 0.455. The molecule has 2 aromatic heterocycles. The molecule has 7 nitrogen and oxygen atoms in total. The Labute approximate surface area is 196 Å². The Kier molecular flexibility index (Phi) is 8.83. The Morgan fingerprint density at radius 3 is 2.64 bits per heavy atom. The van der Waals surface area contributed by atoms with E-state index in [9.17, 15) is 9.59 Å². The number of nitrogens with one attached hydrogen (secondary N) is 1. The van der Waals surface area contributed by atoms with E-state index in [2.05, 4.69) is 12.2 Å². The van der Waals surface area contributed by atoms with Crippen LogP contribution in [0.5, 0.6) is 0 Å². The predicted molar refractivity (Wildman–Crippen MR) is 128 cm³/mol. The molecule has 0 radical (unpaired) electrons. The van der Waals surface area contributed by atoms with E-state index in [4.69, 9.17) is 14.1 Å². The number of hydrogen-bond donors (Lipinski definition) is 1. The van der Waals surface area contributed by atoms with Crippen LogP contribution in [-0.2, 0) is 9.53 Å². The van der Waals surface area contributed by atoms with Gasteiger partial charge in [-0.3, -0.25) is 14.6 Å². The molecule has 1 aliphatic rings. The minimum absolute atomic E-state index is 0.0256. The van der Waals surface area contributed by atoms with E-state index in [-0.39, 0.29) is 17.7 Å². The van der Waals surface area contributed by atoms with Crippen LogP contribution in [0.3, 0.4) is 0 Å². The van der Waals surface area contributed by atoms with E-state index in [1.807, 2.05) is 43.9 Å². The number of carbonyl (C=O) groups excluding carboxylic acids is 2. The molecular formula is C26H35N3O4. The Morgan fingerprint density at radius 2 is 1.97 bits per heavy atom. The third-order valence-corrected chi connectivity index (χ3v) is 5.96. The first-order chi connectivity index (χ1) is 15.9. The second-order valence-electron chi connectivity index (χ2n) is 8.57. The molecule has 7 heteroatoms. The highest BCUT2D eigenvalue weighted by atomic mass is 16.5. The number of piperidine rings is 1. The van der Waals surface area contributed by atoms with Crippen LogP contribution in [0.2, 0.25) is 0 Å². The molecule has 0 saturated carbocycles. The van der Waals surface area contributed by atoms with Gasteiger partial charge in [-0.1, -0.05) is 6.92 Å². The van der Waals surface area contributed by atoms with Crippen LogP contribution < -0.4 is 5.32 Å². The number of ether oxygens (including phenoxy) is 1. The molecule has 1 saturated heterocycles. The van der Waals surface area contributed by atoms with Crippen molar-refractivity contribution in [3.63, 3.8) is 0 Å². The lowest BCUT2D eigenvalue weighted by Gasteiger charge is -2.31. The lowest BCUT2D eigenvalue weighted by atomic mass is 9.89. The van der Waals surface area contributed by atoms with Crippen LogP contribution in [0.4, 0.5) is 0 Å². The van der Waals surface area contributed by atoms with Crippen molar-refractivity contribution in [1.82, 2.24) is 15.2 Å². The highest BCUT2D eigenvalue weighted by Gasteiger charge is 2.27. The first-order valence-electron chi connectivity index (χ1n) is 11.8. The topological polar surface area (TPSA) is 84.7 Å². The molecule has 178 valence electrons. The van der Waals surface area contributed by atoms with Crippen LogP contribution >= 0.6 is 0 Å². The van der Waals surface area contributed by atoms with Crippen molar-refractivity contribution in [3.05, 3.63) is 58.3 Å². The molecule has 3 rings (SSSR count). The lowest BCUT2D eigenvalue weighted by molar-refractivity contribution is -0.127. The number of nitrogens with zero attached hydrogens (tertiary/aromatic N) is 2. The van der Waals surface area contributed by atoms with E-state index in [0.717, 1.165) is 42.0 Å². The minimum atomic E-state index is -0.122. The third kappa shape index (κ3) is 6.78. The number of carbonyl (C=O) groups is 2. The van der Waals surface area contributed by atoms with E-state index >= 15 is 0 Å². The van der Waals surface area contributed by atoms with E-state index in [0.29, 0.717) is 44.2 Å². The summed E-state index contributed by atoms with van der Waals surface area (Å²) in [6.07, 6.45) is 5.80. The molecular weight excluding hydrogens is 418 g/mol. The first-order valence-corrected chi connectivity index (χ1v) is 11.8. The van der Waals surface area contributed by atoms with Crippen molar-refractivity contribution in [2.75, 3.05) is 32.8 Å². The third-order valence-electron chi connectivity index (χ3n) is 5.96. The molecule has 3 heterocycles. The van der Waals surface area contributed by atoms with Crippen molar-refractivity contribution in [1.29, 1.82) is 0 Å². The average Bonchev–Trinajstić information content (AvgIpc) is 3.14. The lowest BCUT2D eigenvalue weighted by Crippen LogP contribution is -2.37. The van der Waals surface area contributed by atoms with Crippen LogP contribution in [0.25, 0.3) is 6.08 Å². The van der Waals surface area contributed by atoms with Gasteiger partial charge in [-0.25, -0.2) is 0 Å². The van der Waals surface area contributed by atoms with Gasteiger partial charge in [0, 0.05) is 43.9 Å². The second-order valence-corrected chi connectivity index (χ2v) is 8.57. The van der Waals surface area contributed by atoms with Gasteiger partial charge in [0.25, 0.3) is 5.91 Å². The highest BCUT2D eigenvalue weighted by molar-refractivity contribution is 5.95. The van der Waals surface area contributed by atoms with Gasteiger partial charge in [-0.05, 0) is 69.9 Å². The van der Waals surface area contributed by atoms with Gasteiger partial charge in [0.15, 0.2) is 0 Å². The number of aryl methyl sites for hydroxylation is 3. The van der Waals surface area contributed by atoms with E-state index in [1.54, 1.807) is 12.2 Å². The van der Waals surface area contributed by atoms with Crippen molar-refractivity contribution >= 4 is 17.9 Å². The average molecular weight is 454 g/mol. The largest absolute Gasteiger partial charge is 0.462 e. The van der Waals surface area contributed by atoms with Gasteiger partial charge in [0.2, 0.25) is 5.91 Å². The van der Waals surface area contributed by atoms with E-state index in [1.165, 1.54) is 0 Å². The summed E-state index contributed by atoms with van der Waals surface area (Å²) in [7, 11) is 0. The fraction of sp³-hybridized carbons (Fsp3) is 0.500. The fourth-order valence-electron chi connectivity index (χ4n) is 3.97. The number of likely N-dealkylation sites (tertiary alicyclic amines) is 1. The molecule has 0 bridgehead atoms. The van der Waals surface area contributed by atoms with Crippen LogP contribution in [-0.4, -0.2) is 54.5 Å². The van der Waals surface area contributed by atoms with Gasteiger partial charge in [-0.15, -0.1) is 0 Å². The smallest absolute Gasteiger partial charge is 0.253 e.